The summed E-state index contributed by atoms with van der Waals surface area (Å²) in [5.74, 6) is -0.957. The van der Waals surface area contributed by atoms with E-state index in [1.807, 2.05) is 0 Å². The van der Waals surface area contributed by atoms with Crippen molar-refractivity contribution in [2.45, 2.75) is 5.92 Å². The lowest BCUT2D eigenvalue weighted by molar-refractivity contribution is -0.136. The zero-order valence-electron chi connectivity index (χ0n) is 22.7. The van der Waals surface area contributed by atoms with E-state index in [9.17, 15) is 14.4 Å². The van der Waals surface area contributed by atoms with Crippen LogP contribution in [0.1, 0.15) is 17.0 Å². The highest BCUT2D eigenvalue weighted by molar-refractivity contribution is 7.07. The van der Waals surface area contributed by atoms with Crippen molar-refractivity contribution in [3.8, 4) is 23.0 Å². The summed E-state index contributed by atoms with van der Waals surface area (Å²) < 4.78 is 33.2. The Labute approximate surface area is 233 Å². The molecule has 2 N–H and O–H groups in total. The molecule has 1 aliphatic heterocycles. The molecule has 0 radical (unpaired) electrons. The van der Waals surface area contributed by atoms with Crippen LogP contribution in [-0.2, 0) is 19.1 Å². The van der Waals surface area contributed by atoms with Crippen LogP contribution in [-0.4, -0.2) is 59.2 Å². The van der Waals surface area contributed by atoms with Gasteiger partial charge in [0.05, 0.1) is 64.3 Å². The second kappa shape index (κ2) is 11.6. The number of methoxy groups -OCH3 is 6. The number of hydrogen-bond donors (Lipinski definition) is 1. The lowest BCUT2D eigenvalue weighted by Crippen LogP contribution is -2.41. The average Bonchev–Trinajstić information content (AvgIpc) is 3.30. The van der Waals surface area contributed by atoms with Crippen LogP contribution >= 0.6 is 11.3 Å². The molecule has 0 bridgehead atoms. The molecular weight excluding hydrogens is 540 g/mol. The Kier molecular flexibility index (Phi) is 8.19. The Morgan fingerprint density at radius 2 is 1.35 bits per heavy atom. The molecule has 3 aromatic rings. The zero-order valence-corrected chi connectivity index (χ0v) is 23.5. The van der Waals surface area contributed by atoms with Crippen molar-refractivity contribution in [3.05, 3.63) is 72.6 Å². The molecule has 2 heterocycles. The summed E-state index contributed by atoms with van der Waals surface area (Å²) >= 11 is 1.04. The molecule has 12 heteroatoms. The third kappa shape index (κ3) is 4.77. The number of benzene rings is 2. The fraction of sp³-hybridized carbons (Fsp3) is 0.250. The SMILES string of the molecule is COC(=O)C1=C(N)n2c(s/c(=C/c3ccc(OC)c(OC)c3)c2=O)=C(C(=O)OC)C1c1ccc(OC)c(OC)c1. The van der Waals surface area contributed by atoms with E-state index in [2.05, 4.69) is 0 Å². The number of nitrogens with two attached hydrogens (primary N) is 1. The van der Waals surface area contributed by atoms with Gasteiger partial charge in [-0.3, -0.25) is 9.36 Å². The standard InChI is InChI=1S/C28H28N2O9S/c1-34-16-9-7-14(11-18(16)36-3)12-20-25(31)30-24(29)22(27(32)38-5)21(23(26(30)40-20)28(33)39-6)15-8-10-17(35-2)19(13-15)37-4/h7-13,21H,29H2,1-6H3/b20-12+. The first-order chi connectivity index (χ1) is 19.2. The van der Waals surface area contributed by atoms with Gasteiger partial charge in [-0.15, -0.1) is 11.3 Å². The van der Waals surface area contributed by atoms with E-state index in [0.29, 0.717) is 34.1 Å². The zero-order chi connectivity index (χ0) is 29.1. The van der Waals surface area contributed by atoms with Crippen LogP contribution in [0.3, 0.4) is 0 Å². The van der Waals surface area contributed by atoms with Gasteiger partial charge in [0.25, 0.3) is 5.56 Å². The molecule has 210 valence electrons. The van der Waals surface area contributed by atoms with Crippen molar-refractivity contribution in [2.24, 2.45) is 5.73 Å². The van der Waals surface area contributed by atoms with Gasteiger partial charge in [-0.25, -0.2) is 9.59 Å². The molecule has 1 aliphatic rings. The second-order valence-corrected chi connectivity index (χ2v) is 9.44. The number of thiazole rings is 1. The summed E-state index contributed by atoms with van der Waals surface area (Å²) in [6, 6.07) is 10.1. The molecule has 0 amide bonds. The van der Waals surface area contributed by atoms with Crippen LogP contribution in [0, 0.1) is 0 Å². The van der Waals surface area contributed by atoms with Crippen LogP contribution in [0.5, 0.6) is 23.0 Å². The first-order valence-corrected chi connectivity index (χ1v) is 12.6. The smallest absolute Gasteiger partial charge is 0.338 e. The minimum Gasteiger partial charge on any atom is -0.493 e. The second-order valence-electron chi connectivity index (χ2n) is 8.41. The van der Waals surface area contributed by atoms with Crippen molar-refractivity contribution < 1.29 is 38.0 Å². The molecule has 0 saturated carbocycles. The summed E-state index contributed by atoms with van der Waals surface area (Å²) in [6.07, 6.45) is 1.63. The van der Waals surface area contributed by atoms with Crippen LogP contribution < -0.4 is 39.4 Å². The van der Waals surface area contributed by atoms with Gasteiger partial charge in [0, 0.05) is 0 Å². The fourth-order valence-electron chi connectivity index (χ4n) is 4.52. The van der Waals surface area contributed by atoms with E-state index in [-0.39, 0.29) is 26.2 Å². The number of carbonyl (C=O) groups is 2. The predicted molar refractivity (Wildman–Crippen MR) is 148 cm³/mol. The van der Waals surface area contributed by atoms with Crippen LogP contribution in [0.25, 0.3) is 17.5 Å². The molecule has 40 heavy (non-hydrogen) atoms. The normalized spacial score (nSPS) is 14.9. The molecule has 0 spiro atoms. The van der Waals surface area contributed by atoms with Gasteiger partial charge in [0.2, 0.25) is 0 Å². The third-order valence-corrected chi connectivity index (χ3v) is 7.51. The molecule has 1 atom stereocenters. The van der Waals surface area contributed by atoms with Crippen LogP contribution in [0.2, 0.25) is 0 Å². The van der Waals surface area contributed by atoms with E-state index < -0.39 is 23.4 Å². The Hall–Kier alpha value is -4.71. The van der Waals surface area contributed by atoms with Crippen molar-refractivity contribution in [3.63, 3.8) is 0 Å². The van der Waals surface area contributed by atoms with Crippen molar-refractivity contribution in [1.29, 1.82) is 0 Å². The molecular formula is C28H28N2O9S. The van der Waals surface area contributed by atoms with E-state index in [1.165, 1.54) is 42.7 Å². The predicted octanol–water partition coefficient (Wildman–Crippen LogP) is 1.19. The monoisotopic (exact) mass is 568 g/mol. The highest BCUT2D eigenvalue weighted by Crippen LogP contribution is 2.40. The van der Waals surface area contributed by atoms with Gasteiger partial charge in [0.15, 0.2) is 23.0 Å². The number of rotatable bonds is 8. The van der Waals surface area contributed by atoms with E-state index in [1.54, 1.807) is 42.5 Å². The van der Waals surface area contributed by atoms with E-state index in [0.717, 1.165) is 15.9 Å². The highest BCUT2D eigenvalue weighted by atomic mass is 32.1. The molecule has 1 aromatic heterocycles. The van der Waals surface area contributed by atoms with Gasteiger partial charge in [-0.2, -0.15) is 0 Å². The quantitative estimate of drug-likeness (QED) is 0.395. The number of hydrogen-bond acceptors (Lipinski definition) is 11. The first kappa shape index (κ1) is 28.3. The van der Waals surface area contributed by atoms with E-state index >= 15 is 0 Å². The van der Waals surface area contributed by atoms with Crippen molar-refractivity contribution >= 4 is 40.7 Å². The molecule has 2 aromatic carbocycles. The number of ether oxygens (including phenoxy) is 6. The van der Waals surface area contributed by atoms with Crippen molar-refractivity contribution in [2.75, 3.05) is 42.7 Å². The Bertz CT molecular complexity index is 1700. The topological polar surface area (TPSA) is 138 Å². The van der Waals surface area contributed by atoms with Crippen molar-refractivity contribution in [1.82, 2.24) is 4.57 Å². The lowest BCUT2D eigenvalue weighted by Gasteiger charge is -2.27. The molecule has 11 nitrogen and oxygen atoms in total. The number of carbonyl (C=O) groups excluding carboxylic acids is 2. The maximum atomic E-state index is 13.7. The first-order valence-electron chi connectivity index (χ1n) is 11.8. The summed E-state index contributed by atoms with van der Waals surface area (Å²) in [5.41, 5.74) is 7.02. The Balaban J connectivity index is 2.09. The van der Waals surface area contributed by atoms with Gasteiger partial charge in [-0.05, 0) is 41.5 Å². The summed E-state index contributed by atoms with van der Waals surface area (Å²) in [4.78, 5) is 40.1. The maximum absolute atomic E-state index is 13.7. The number of nitrogens with zero attached hydrogens (tertiary/aromatic N) is 1. The lowest BCUT2D eigenvalue weighted by atomic mass is 9.83. The number of esters is 2. The van der Waals surface area contributed by atoms with Gasteiger partial charge < -0.3 is 34.2 Å². The van der Waals surface area contributed by atoms with E-state index in [4.69, 9.17) is 34.2 Å². The average molecular weight is 569 g/mol. The minimum atomic E-state index is -1.04. The third-order valence-electron chi connectivity index (χ3n) is 6.41. The maximum Gasteiger partial charge on any atom is 0.338 e. The summed E-state index contributed by atoms with van der Waals surface area (Å²) in [6.45, 7) is 0. The highest BCUT2D eigenvalue weighted by Gasteiger charge is 2.40. The molecule has 0 aliphatic carbocycles. The van der Waals surface area contributed by atoms with Crippen LogP contribution in [0.15, 0.2) is 46.8 Å². The van der Waals surface area contributed by atoms with Gasteiger partial charge in [-0.1, -0.05) is 12.1 Å². The summed E-state index contributed by atoms with van der Waals surface area (Å²) in [7, 11) is 8.39. The summed E-state index contributed by atoms with van der Waals surface area (Å²) in [5, 5.41) is 0. The number of fused-ring (bicyclic) bond motifs is 1. The minimum absolute atomic E-state index is 0.0402. The molecule has 1 unspecified atom stereocenters. The Morgan fingerprint density at radius 3 is 1.93 bits per heavy atom. The fourth-order valence-corrected chi connectivity index (χ4v) is 5.69. The number of aromatic nitrogens is 1. The largest absolute Gasteiger partial charge is 0.493 e. The molecule has 4 rings (SSSR count). The van der Waals surface area contributed by atoms with Crippen LogP contribution in [0.4, 0.5) is 0 Å². The molecule has 0 fully saturated rings. The molecule has 0 saturated heterocycles. The Morgan fingerprint density at radius 1 is 0.800 bits per heavy atom. The van der Waals surface area contributed by atoms with Gasteiger partial charge >= 0.3 is 11.9 Å². The van der Waals surface area contributed by atoms with Gasteiger partial charge in [0.1, 0.15) is 10.5 Å².